The minimum Gasteiger partial charge on any atom is -0.350 e. The van der Waals surface area contributed by atoms with Gasteiger partial charge in [0.25, 0.3) is 5.91 Å². The third-order valence-electron chi connectivity index (χ3n) is 5.23. The third-order valence-corrected chi connectivity index (χ3v) is 7.15. The van der Waals surface area contributed by atoms with Crippen LogP contribution in [0.1, 0.15) is 57.3 Å². The van der Waals surface area contributed by atoms with Crippen LogP contribution in [0.25, 0.3) is 0 Å². The molecule has 0 saturated carbocycles. The van der Waals surface area contributed by atoms with Gasteiger partial charge in [0.15, 0.2) is 0 Å². The van der Waals surface area contributed by atoms with Gasteiger partial charge in [0, 0.05) is 44.7 Å². The van der Waals surface area contributed by atoms with Gasteiger partial charge in [-0.1, -0.05) is 26.7 Å². The van der Waals surface area contributed by atoms with Gasteiger partial charge >= 0.3 is 0 Å². The zero-order chi connectivity index (χ0) is 21.6. The summed E-state index contributed by atoms with van der Waals surface area (Å²) in [5.41, 5.74) is 0.445. The van der Waals surface area contributed by atoms with Crippen LogP contribution in [0.3, 0.4) is 0 Å². The second kappa shape index (κ2) is 10.2. The van der Waals surface area contributed by atoms with Crippen LogP contribution in [-0.2, 0) is 14.8 Å². The predicted octanol–water partition coefficient (Wildman–Crippen LogP) is 2.48. The summed E-state index contributed by atoms with van der Waals surface area (Å²) < 4.78 is 27.0. The van der Waals surface area contributed by atoms with Crippen molar-refractivity contribution in [3.8, 4) is 0 Å². The van der Waals surface area contributed by atoms with E-state index in [1.54, 1.807) is 17.0 Å². The first-order valence-corrected chi connectivity index (χ1v) is 11.7. The second-order valence-corrected chi connectivity index (χ2v) is 10.1. The molecule has 0 aliphatic carbocycles. The van der Waals surface area contributed by atoms with Gasteiger partial charge in [0.1, 0.15) is 0 Å². The van der Waals surface area contributed by atoms with Crippen molar-refractivity contribution >= 4 is 21.8 Å². The lowest BCUT2D eigenvalue weighted by atomic mass is 10.0. The lowest BCUT2D eigenvalue weighted by molar-refractivity contribution is -0.129. The Kier molecular flexibility index (Phi) is 8.22. The van der Waals surface area contributed by atoms with Crippen molar-refractivity contribution in [2.75, 3.05) is 26.2 Å². The first-order chi connectivity index (χ1) is 13.6. The van der Waals surface area contributed by atoms with Gasteiger partial charge in [-0.3, -0.25) is 9.59 Å². The maximum absolute atomic E-state index is 12.8. The molecular formula is C21H33N3O4S. The van der Waals surface area contributed by atoms with Crippen LogP contribution < -0.4 is 5.32 Å². The van der Waals surface area contributed by atoms with E-state index in [9.17, 15) is 18.0 Å². The molecule has 0 radical (unpaired) electrons. The average Bonchev–Trinajstić information content (AvgIpc) is 2.67. The number of amides is 2. The van der Waals surface area contributed by atoms with E-state index in [1.165, 1.54) is 23.4 Å². The Hall–Kier alpha value is -1.93. The Balaban J connectivity index is 1.95. The summed E-state index contributed by atoms with van der Waals surface area (Å²) in [6, 6.07) is 6.13. The maximum atomic E-state index is 12.8. The molecule has 2 rings (SSSR count). The smallest absolute Gasteiger partial charge is 0.251 e. The molecule has 1 saturated heterocycles. The summed E-state index contributed by atoms with van der Waals surface area (Å²) in [7, 11) is -3.63. The lowest BCUT2D eigenvalue weighted by Gasteiger charge is -2.33. The normalized spacial score (nSPS) is 16.7. The summed E-state index contributed by atoms with van der Waals surface area (Å²) in [6.07, 6.45) is 3.11. The molecule has 1 unspecified atom stereocenters. The van der Waals surface area contributed by atoms with E-state index in [-0.39, 0.29) is 35.8 Å². The van der Waals surface area contributed by atoms with Gasteiger partial charge in [0.2, 0.25) is 15.9 Å². The second-order valence-electron chi connectivity index (χ2n) is 8.13. The van der Waals surface area contributed by atoms with Gasteiger partial charge in [-0.15, -0.1) is 0 Å². The number of hydrogen-bond acceptors (Lipinski definition) is 4. The zero-order valence-corrected chi connectivity index (χ0v) is 18.7. The SMILES string of the molecule is CC(=O)N1CCN(S(=O)(=O)c2ccc(C(=O)NC(C)CCCC(C)C)cc2)CC1. The van der Waals surface area contributed by atoms with Crippen molar-refractivity contribution in [2.24, 2.45) is 5.92 Å². The van der Waals surface area contributed by atoms with Gasteiger partial charge < -0.3 is 10.2 Å². The molecule has 29 heavy (non-hydrogen) atoms. The molecular weight excluding hydrogens is 390 g/mol. The highest BCUT2D eigenvalue weighted by Gasteiger charge is 2.29. The molecule has 0 spiro atoms. The first kappa shape index (κ1) is 23.3. The molecule has 1 aliphatic rings. The van der Waals surface area contributed by atoms with E-state index in [2.05, 4.69) is 19.2 Å². The summed E-state index contributed by atoms with van der Waals surface area (Å²) >= 11 is 0. The van der Waals surface area contributed by atoms with Gasteiger partial charge in [0.05, 0.1) is 4.90 Å². The largest absolute Gasteiger partial charge is 0.350 e. The number of piperazine rings is 1. The van der Waals surface area contributed by atoms with Gasteiger partial charge in [-0.2, -0.15) is 4.31 Å². The third kappa shape index (κ3) is 6.54. The fraction of sp³-hybridized carbons (Fsp3) is 0.619. The fourth-order valence-corrected chi connectivity index (χ4v) is 4.80. The molecule has 2 amide bonds. The topological polar surface area (TPSA) is 86.8 Å². The molecule has 0 bridgehead atoms. The number of nitrogens with zero attached hydrogens (tertiary/aromatic N) is 2. The molecule has 1 aromatic rings. The van der Waals surface area contributed by atoms with Crippen LogP contribution in [0.4, 0.5) is 0 Å². The van der Waals surface area contributed by atoms with Crippen LogP contribution in [0.5, 0.6) is 0 Å². The minimum absolute atomic E-state index is 0.0455. The number of carbonyl (C=O) groups is 2. The Bertz CT molecular complexity index is 798. The van der Waals surface area contributed by atoms with E-state index in [4.69, 9.17) is 0 Å². The van der Waals surface area contributed by atoms with E-state index >= 15 is 0 Å². The fourth-order valence-electron chi connectivity index (χ4n) is 3.38. The Labute approximate surface area is 174 Å². The lowest BCUT2D eigenvalue weighted by Crippen LogP contribution is -2.49. The van der Waals surface area contributed by atoms with Crippen molar-refractivity contribution in [1.29, 1.82) is 0 Å². The standard InChI is InChI=1S/C21H33N3O4S/c1-16(2)6-5-7-17(3)22-21(26)19-8-10-20(11-9-19)29(27,28)24-14-12-23(13-15-24)18(4)25/h8-11,16-17H,5-7,12-15H2,1-4H3,(H,22,26). The summed E-state index contributed by atoms with van der Waals surface area (Å²) in [4.78, 5) is 25.6. The molecule has 1 N–H and O–H groups in total. The Morgan fingerprint density at radius 2 is 1.59 bits per heavy atom. The van der Waals surface area contributed by atoms with E-state index in [0.29, 0.717) is 24.6 Å². The highest BCUT2D eigenvalue weighted by Crippen LogP contribution is 2.18. The number of hydrogen-bond donors (Lipinski definition) is 1. The highest BCUT2D eigenvalue weighted by molar-refractivity contribution is 7.89. The molecule has 1 aliphatic heterocycles. The van der Waals surface area contributed by atoms with Crippen LogP contribution in [0.15, 0.2) is 29.2 Å². The van der Waals surface area contributed by atoms with Crippen molar-refractivity contribution in [1.82, 2.24) is 14.5 Å². The first-order valence-electron chi connectivity index (χ1n) is 10.3. The molecule has 1 aromatic carbocycles. The molecule has 0 aromatic heterocycles. The quantitative estimate of drug-likeness (QED) is 0.696. The minimum atomic E-state index is -3.63. The zero-order valence-electron chi connectivity index (χ0n) is 17.8. The molecule has 8 heteroatoms. The van der Waals surface area contributed by atoms with Gasteiger partial charge in [-0.25, -0.2) is 8.42 Å². The molecule has 162 valence electrons. The van der Waals surface area contributed by atoms with E-state index in [0.717, 1.165) is 19.3 Å². The van der Waals surface area contributed by atoms with E-state index in [1.807, 2.05) is 6.92 Å². The molecule has 1 atom stereocenters. The number of sulfonamides is 1. The van der Waals surface area contributed by atoms with Crippen LogP contribution in [0, 0.1) is 5.92 Å². The Morgan fingerprint density at radius 3 is 2.10 bits per heavy atom. The number of nitrogens with one attached hydrogen (secondary N) is 1. The van der Waals surface area contributed by atoms with Crippen LogP contribution >= 0.6 is 0 Å². The average molecular weight is 424 g/mol. The van der Waals surface area contributed by atoms with Gasteiger partial charge in [-0.05, 0) is 43.5 Å². The molecule has 1 heterocycles. The monoisotopic (exact) mass is 423 g/mol. The van der Waals surface area contributed by atoms with Crippen LogP contribution in [-0.4, -0.2) is 61.7 Å². The predicted molar refractivity (Wildman–Crippen MR) is 113 cm³/mol. The van der Waals surface area contributed by atoms with Crippen molar-refractivity contribution in [3.63, 3.8) is 0 Å². The highest BCUT2D eigenvalue weighted by atomic mass is 32.2. The van der Waals surface area contributed by atoms with Crippen molar-refractivity contribution in [3.05, 3.63) is 29.8 Å². The number of rotatable bonds is 8. The number of benzene rings is 1. The summed E-state index contributed by atoms with van der Waals surface area (Å²) in [6.45, 7) is 9.17. The Morgan fingerprint density at radius 1 is 1.00 bits per heavy atom. The van der Waals surface area contributed by atoms with E-state index < -0.39 is 10.0 Å². The summed E-state index contributed by atoms with van der Waals surface area (Å²) in [5.74, 6) is 0.412. The van der Waals surface area contributed by atoms with Crippen LogP contribution in [0.2, 0.25) is 0 Å². The van der Waals surface area contributed by atoms with Crippen molar-refractivity contribution in [2.45, 2.75) is 57.9 Å². The maximum Gasteiger partial charge on any atom is 0.251 e. The summed E-state index contributed by atoms with van der Waals surface area (Å²) in [5, 5.41) is 2.97. The van der Waals surface area contributed by atoms with Crippen molar-refractivity contribution < 1.29 is 18.0 Å². The molecule has 7 nitrogen and oxygen atoms in total. The number of carbonyl (C=O) groups excluding carboxylic acids is 2. The molecule has 1 fully saturated rings.